The van der Waals surface area contributed by atoms with Gasteiger partial charge in [-0.3, -0.25) is 9.59 Å². The van der Waals surface area contributed by atoms with Crippen molar-refractivity contribution in [3.05, 3.63) is 77.4 Å². The molecule has 0 saturated heterocycles. The summed E-state index contributed by atoms with van der Waals surface area (Å²) in [5.41, 5.74) is 1.57. The quantitative estimate of drug-likeness (QED) is 0.649. The molecule has 0 aliphatic heterocycles. The maximum atomic E-state index is 12.7. The Balaban J connectivity index is 2.02. The molecule has 0 radical (unpaired) electrons. The molecule has 0 unspecified atom stereocenters. The first-order valence-corrected chi connectivity index (χ1v) is 9.63. The normalized spacial score (nSPS) is 11.8. The van der Waals surface area contributed by atoms with Gasteiger partial charge in [0.15, 0.2) is 4.80 Å². The predicted octanol–water partition coefficient (Wildman–Crippen LogP) is 3.36. The van der Waals surface area contributed by atoms with Gasteiger partial charge in [0.05, 0.1) is 12.2 Å². The van der Waals surface area contributed by atoms with Crippen LogP contribution in [-0.4, -0.2) is 20.3 Å². The fraction of sp³-hybridized carbons (Fsp3) is 0.222. The predicted molar refractivity (Wildman–Crippen MR) is 107 cm³/mol. The van der Waals surface area contributed by atoms with E-state index in [-0.39, 0.29) is 5.56 Å². The van der Waals surface area contributed by atoms with Gasteiger partial charge in [-0.05, 0) is 37.1 Å². The minimum atomic E-state index is -0.586. The number of aromatic nitrogens is 3. The van der Waals surface area contributed by atoms with Crippen molar-refractivity contribution in [3.63, 3.8) is 0 Å². The fourth-order valence-corrected chi connectivity index (χ4v) is 3.78. The summed E-state index contributed by atoms with van der Waals surface area (Å²) in [6.45, 7) is 3.87. The number of carbonyl (C=O) groups is 1. The molecule has 1 amide bonds. The number of thiazole rings is 1. The van der Waals surface area contributed by atoms with E-state index in [9.17, 15) is 9.59 Å². The van der Waals surface area contributed by atoms with Crippen LogP contribution in [0.3, 0.4) is 0 Å². The molecule has 140 valence electrons. The Morgan fingerprint density at radius 1 is 1.30 bits per heavy atom. The van der Waals surface area contributed by atoms with Crippen LogP contribution in [0.5, 0.6) is 0 Å². The molecule has 1 aromatic carbocycles. The molecule has 0 fully saturated rings. The number of hydrogen-bond acceptors (Lipinski definition) is 4. The summed E-state index contributed by atoms with van der Waals surface area (Å²) < 4.78 is 2.95. The second-order valence-electron chi connectivity index (χ2n) is 5.98. The van der Waals surface area contributed by atoms with E-state index in [0.29, 0.717) is 32.6 Å². The SMILES string of the molecule is Cc1nn(C)c(=O)c(C(=O)N=c2sccn2Cc2ccc(Cl)cc2Cl)c1C. The lowest BCUT2D eigenvalue weighted by Gasteiger charge is -2.07. The molecule has 0 bridgehead atoms. The van der Waals surface area contributed by atoms with E-state index in [2.05, 4.69) is 10.1 Å². The molecule has 0 spiro atoms. The molecule has 0 atom stereocenters. The Kier molecular flexibility index (Phi) is 5.64. The number of aryl methyl sites for hydroxylation is 2. The molecule has 3 aromatic rings. The lowest BCUT2D eigenvalue weighted by molar-refractivity contribution is 0.0994. The summed E-state index contributed by atoms with van der Waals surface area (Å²) in [5.74, 6) is -0.586. The summed E-state index contributed by atoms with van der Waals surface area (Å²) >= 11 is 13.5. The third-order valence-electron chi connectivity index (χ3n) is 4.15. The minimum Gasteiger partial charge on any atom is -0.319 e. The standard InChI is InChI=1S/C18H16Cl2N4O2S/c1-10-11(2)22-23(3)17(26)15(10)16(25)21-18-24(6-7-27-18)9-12-4-5-13(19)8-14(12)20/h4-8H,9H2,1-3H3. The number of hydrogen-bond donors (Lipinski definition) is 0. The number of amides is 1. The number of halogens is 2. The van der Waals surface area contributed by atoms with Crippen molar-refractivity contribution in [2.75, 3.05) is 0 Å². The van der Waals surface area contributed by atoms with Crippen molar-refractivity contribution in [1.29, 1.82) is 0 Å². The lowest BCUT2D eigenvalue weighted by Crippen LogP contribution is -2.29. The van der Waals surface area contributed by atoms with Gasteiger partial charge >= 0.3 is 0 Å². The van der Waals surface area contributed by atoms with Crippen LogP contribution in [0.4, 0.5) is 0 Å². The third-order valence-corrected chi connectivity index (χ3v) is 5.53. The number of benzene rings is 1. The van der Waals surface area contributed by atoms with Crippen molar-refractivity contribution in [2.45, 2.75) is 20.4 Å². The van der Waals surface area contributed by atoms with E-state index in [1.807, 2.05) is 17.6 Å². The van der Waals surface area contributed by atoms with E-state index in [0.717, 1.165) is 10.2 Å². The first-order valence-electron chi connectivity index (χ1n) is 7.99. The van der Waals surface area contributed by atoms with Crippen LogP contribution < -0.4 is 10.4 Å². The molecular formula is C18H16Cl2N4O2S. The Bertz CT molecular complexity index is 1160. The van der Waals surface area contributed by atoms with Gasteiger partial charge < -0.3 is 4.57 Å². The summed E-state index contributed by atoms with van der Waals surface area (Å²) in [6, 6.07) is 5.25. The maximum absolute atomic E-state index is 12.7. The highest BCUT2D eigenvalue weighted by Gasteiger charge is 2.17. The highest BCUT2D eigenvalue weighted by Crippen LogP contribution is 2.21. The minimum absolute atomic E-state index is 0.0366. The molecule has 27 heavy (non-hydrogen) atoms. The summed E-state index contributed by atoms with van der Waals surface area (Å²) in [4.78, 5) is 29.7. The van der Waals surface area contributed by atoms with Gasteiger partial charge in [-0.1, -0.05) is 29.3 Å². The Hall–Kier alpha value is -2.22. The van der Waals surface area contributed by atoms with Gasteiger partial charge in [-0.2, -0.15) is 10.1 Å². The van der Waals surface area contributed by atoms with E-state index < -0.39 is 11.5 Å². The monoisotopic (exact) mass is 422 g/mol. The van der Waals surface area contributed by atoms with Crippen molar-refractivity contribution in [1.82, 2.24) is 14.3 Å². The number of nitrogens with zero attached hydrogens (tertiary/aromatic N) is 4. The van der Waals surface area contributed by atoms with E-state index >= 15 is 0 Å². The molecule has 2 aromatic heterocycles. The van der Waals surface area contributed by atoms with Crippen LogP contribution >= 0.6 is 34.5 Å². The highest BCUT2D eigenvalue weighted by molar-refractivity contribution is 7.07. The van der Waals surface area contributed by atoms with E-state index in [1.54, 1.807) is 30.5 Å². The van der Waals surface area contributed by atoms with Crippen LogP contribution in [-0.2, 0) is 13.6 Å². The second-order valence-corrected chi connectivity index (χ2v) is 7.70. The third kappa shape index (κ3) is 4.05. The van der Waals surface area contributed by atoms with Crippen LogP contribution in [0.1, 0.15) is 27.2 Å². The lowest BCUT2D eigenvalue weighted by atomic mass is 10.1. The largest absolute Gasteiger partial charge is 0.319 e. The van der Waals surface area contributed by atoms with Gasteiger partial charge in [0.2, 0.25) is 0 Å². The van der Waals surface area contributed by atoms with Gasteiger partial charge in [0.25, 0.3) is 11.5 Å². The number of rotatable bonds is 3. The number of carbonyl (C=O) groups excluding carboxylic acids is 1. The van der Waals surface area contributed by atoms with Crippen LogP contribution in [0.25, 0.3) is 0 Å². The van der Waals surface area contributed by atoms with Crippen molar-refractivity contribution in [3.8, 4) is 0 Å². The summed E-state index contributed by atoms with van der Waals surface area (Å²) in [7, 11) is 1.51. The maximum Gasteiger partial charge on any atom is 0.285 e. The topological polar surface area (TPSA) is 69.2 Å². The van der Waals surface area contributed by atoms with Gasteiger partial charge in [0, 0.05) is 28.7 Å². The molecular weight excluding hydrogens is 407 g/mol. The van der Waals surface area contributed by atoms with Crippen molar-refractivity contribution < 1.29 is 4.79 Å². The van der Waals surface area contributed by atoms with Gasteiger partial charge in [0.1, 0.15) is 5.56 Å². The van der Waals surface area contributed by atoms with Gasteiger partial charge in [-0.15, -0.1) is 11.3 Å². The van der Waals surface area contributed by atoms with Crippen LogP contribution in [0.15, 0.2) is 39.6 Å². The second kappa shape index (κ2) is 7.80. The van der Waals surface area contributed by atoms with Crippen molar-refractivity contribution >= 4 is 40.4 Å². The molecule has 3 rings (SSSR count). The molecule has 2 heterocycles. The molecule has 0 N–H and O–H groups in total. The molecule has 0 aliphatic rings. The zero-order valence-electron chi connectivity index (χ0n) is 14.9. The fourth-order valence-electron chi connectivity index (χ4n) is 2.58. The summed E-state index contributed by atoms with van der Waals surface area (Å²) in [6.07, 6.45) is 1.81. The first-order chi connectivity index (χ1) is 12.8. The molecule has 9 heteroatoms. The Morgan fingerprint density at radius 3 is 2.74 bits per heavy atom. The van der Waals surface area contributed by atoms with Crippen LogP contribution in [0.2, 0.25) is 10.0 Å². The average Bonchev–Trinajstić information content (AvgIpc) is 3.02. The van der Waals surface area contributed by atoms with Crippen LogP contribution in [0, 0.1) is 13.8 Å². The first kappa shape index (κ1) is 19.5. The Morgan fingerprint density at radius 2 is 2.04 bits per heavy atom. The summed E-state index contributed by atoms with van der Waals surface area (Å²) in [5, 5.41) is 6.99. The molecule has 0 saturated carbocycles. The Labute approximate surface area is 169 Å². The van der Waals surface area contributed by atoms with E-state index in [1.165, 1.54) is 18.4 Å². The smallest absolute Gasteiger partial charge is 0.285 e. The zero-order chi connectivity index (χ0) is 19.7. The van der Waals surface area contributed by atoms with Crippen molar-refractivity contribution in [2.24, 2.45) is 12.0 Å². The van der Waals surface area contributed by atoms with E-state index in [4.69, 9.17) is 23.2 Å². The zero-order valence-corrected chi connectivity index (χ0v) is 17.2. The molecule has 6 nitrogen and oxygen atoms in total. The molecule has 0 aliphatic carbocycles. The highest BCUT2D eigenvalue weighted by atomic mass is 35.5. The average molecular weight is 423 g/mol. The van der Waals surface area contributed by atoms with Gasteiger partial charge in [-0.25, -0.2) is 4.68 Å².